The molecule has 2 nitrogen and oxygen atoms in total. The summed E-state index contributed by atoms with van der Waals surface area (Å²) in [5.74, 6) is 2.79. The summed E-state index contributed by atoms with van der Waals surface area (Å²) < 4.78 is 5.39. The molecule has 0 aromatic carbocycles. The lowest BCUT2D eigenvalue weighted by atomic mass is 9.92. The van der Waals surface area contributed by atoms with Crippen LogP contribution < -0.4 is 0 Å². The lowest BCUT2D eigenvalue weighted by Gasteiger charge is -2.25. The molecule has 78 valence electrons. The summed E-state index contributed by atoms with van der Waals surface area (Å²) in [6, 6.07) is 0. The summed E-state index contributed by atoms with van der Waals surface area (Å²) in [5.41, 5.74) is -0.464. The molecule has 0 bridgehead atoms. The van der Waals surface area contributed by atoms with E-state index in [-0.39, 0.29) is 5.78 Å². The highest BCUT2D eigenvalue weighted by molar-refractivity contribution is 5.87. The first-order valence-electron chi connectivity index (χ1n) is 5.27. The second-order valence-corrected chi connectivity index (χ2v) is 3.89. The molecular weight excluding hydrogens is 176 g/mol. The maximum atomic E-state index is 11.9. The van der Waals surface area contributed by atoms with Gasteiger partial charge in [-0.3, -0.25) is 4.79 Å². The Kier molecular flexibility index (Phi) is 4.16. The molecule has 0 unspecified atom stereocenters. The molecule has 1 rings (SSSR count). The summed E-state index contributed by atoms with van der Waals surface area (Å²) >= 11 is 0. The molecule has 0 atom stereocenters. The number of methoxy groups -OCH3 is 1. The fraction of sp³-hybridized carbons (Fsp3) is 0.750. The fourth-order valence-electron chi connectivity index (χ4n) is 2.12. The van der Waals surface area contributed by atoms with Crippen LogP contribution in [0.4, 0.5) is 0 Å². The van der Waals surface area contributed by atoms with Crippen molar-refractivity contribution in [1.82, 2.24) is 0 Å². The van der Waals surface area contributed by atoms with E-state index in [1.165, 1.54) is 0 Å². The Balaban J connectivity index is 2.44. The van der Waals surface area contributed by atoms with Gasteiger partial charge in [0.15, 0.2) is 5.78 Å². The molecule has 1 fully saturated rings. The van der Waals surface area contributed by atoms with Gasteiger partial charge in [-0.1, -0.05) is 0 Å². The normalized spacial score (nSPS) is 19.1. The number of Topliss-reactive ketones (excluding diaryl/α,β-unsaturated/α-hetero) is 1. The number of terminal acetylenes is 1. The van der Waals surface area contributed by atoms with Crippen molar-refractivity contribution in [3.8, 4) is 12.3 Å². The molecule has 0 saturated heterocycles. The van der Waals surface area contributed by atoms with Gasteiger partial charge in [0.25, 0.3) is 0 Å². The third-order valence-electron chi connectivity index (χ3n) is 3.04. The molecule has 14 heavy (non-hydrogen) atoms. The minimum Gasteiger partial charge on any atom is -0.370 e. The van der Waals surface area contributed by atoms with Crippen molar-refractivity contribution in [2.24, 2.45) is 0 Å². The van der Waals surface area contributed by atoms with Crippen LogP contribution in [0.2, 0.25) is 0 Å². The van der Waals surface area contributed by atoms with Crippen LogP contribution in [0.5, 0.6) is 0 Å². The number of carbonyl (C=O) groups is 1. The number of hydrogen-bond acceptors (Lipinski definition) is 2. The maximum absolute atomic E-state index is 11.9. The zero-order chi connectivity index (χ0) is 10.4. The molecule has 0 amide bonds. The molecule has 2 heteroatoms. The van der Waals surface area contributed by atoms with Crippen molar-refractivity contribution in [3.05, 3.63) is 0 Å². The molecular formula is C12H18O2. The topological polar surface area (TPSA) is 26.3 Å². The molecule has 1 saturated carbocycles. The maximum Gasteiger partial charge on any atom is 0.164 e. The second-order valence-electron chi connectivity index (χ2n) is 3.89. The Hall–Kier alpha value is -0.810. The van der Waals surface area contributed by atoms with Gasteiger partial charge < -0.3 is 4.74 Å². The van der Waals surface area contributed by atoms with Crippen molar-refractivity contribution in [2.45, 2.75) is 50.5 Å². The first kappa shape index (κ1) is 11.3. The molecule has 0 spiro atoms. The number of hydrogen-bond donors (Lipinski definition) is 0. The van der Waals surface area contributed by atoms with Gasteiger partial charge in [-0.15, -0.1) is 12.3 Å². The molecule has 0 radical (unpaired) electrons. The Labute approximate surface area is 86.0 Å². The monoisotopic (exact) mass is 194 g/mol. The Morgan fingerprint density at radius 2 is 2.14 bits per heavy atom. The van der Waals surface area contributed by atoms with Gasteiger partial charge in [-0.05, 0) is 32.1 Å². The SMILES string of the molecule is C#CCCCC(=O)C1(OC)CCCC1. The summed E-state index contributed by atoms with van der Waals surface area (Å²) in [6.07, 6.45) is 11.2. The molecule has 0 aliphatic heterocycles. The van der Waals surface area contributed by atoms with Crippen molar-refractivity contribution in [2.75, 3.05) is 7.11 Å². The zero-order valence-electron chi connectivity index (χ0n) is 8.84. The zero-order valence-corrected chi connectivity index (χ0v) is 8.84. The van der Waals surface area contributed by atoms with E-state index in [0.717, 1.165) is 32.1 Å². The van der Waals surface area contributed by atoms with Gasteiger partial charge in [0.05, 0.1) is 0 Å². The summed E-state index contributed by atoms with van der Waals surface area (Å²) in [5, 5.41) is 0. The molecule has 1 aliphatic rings. The van der Waals surface area contributed by atoms with Crippen molar-refractivity contribution < 1.29 is 9.53 Å². The number of unbranched alkanes of at least 4 members (excludes halogenated alkanes) is 1. The lowest BCUT2D eigenvalue weighted by molar-refractivity contribution is -0.140. The molecule has 0 aromatic heterocycles. The standard InChI is InChI=1S/C12H18O2/c1-3-4-5-8-11(13)12(14-2)9-6-7-10-12/h1H,4-10H2,2H3. The third-order valence-corrected chi connectivity index (χ3v) is 3.04. The smallest absolute Gasteiger partial charge is 0.164 e. The van der Waals surface area contributed by atoms with Gasteiger partial charge in [-0.2, -0.15) is 0 Å². The van der Waals surface area contributed by atoms with E-state index in [9.17, 15) is 4.79 Å². The van der Waals surface area contributed by atoms with Gasteiger partial charge in [0.1, 0.15) is 5.60 Å². The molecule has 0 heterocycles. The predicted octanol–water partition coefficient (Wildman–Crippen LogP) is 2.32. The Bertz CT molecular complexity index is 231. The first-order chi connectivity index (χ1) is 6.75. The highest BCUT2D eigenvalue weighted by atomic mass is 16.5. The average molecular weight is 194 g/mol. The minimum absolute atomic E-state index is 0.243. The highest BCUT2D eigenvalue weighted by Crippen LogP contribution is 2.34. The van der Waals surface area contributed by atoms with Crippen LogP contribution in [0.1, 0.15) is 44.9 Å². The number of rotatable bonds is 5. The molecule has 0 N–H and O–H groups in total. The van der Waals surface area contributed by atoms with E-state index < -0.39 is 5.60 Å². The van der Waals surface area contributed by atoms with Crippen LogP contribution in [-0.2, 0) is 9.53 Å². The number of ketones is 1. The van der Waals surface area contributed by atoms with Gasteiger partial charge >= 0.3 is 0 Å². The van der Waals surface area contributed by atoms with E-state index in [4.69, 9.17) is 11.2 Å². The predicted molar refractivity (Wildman–Crippen MR) is 55.9 cm³/mol. The van der Waals surface area contributed by atoms with E-state index in [0.29, 0.717) is 12.8 Å². The molecule has 1 aliphatic carbocycles. The van der Waals surface area contributed by atoms with Crippen LogP contribution in [0.15, 0.2) is 0 Å². The van der Waals surface area contributed by atoms with E-state index in [1.54, 1.807) is 7.11 Å². The number of carbonyl (C=O) groups excluding carboxylic acids is 1. The van der Waals surface area contributed by atoms with Gasteiger partial charge in [0, 0.05) is 20.0 Å². The average Bonchev–Trinajstić information content (AvgIpc) is 2.67. The Morgan fingerprint density at radius 1 is 1.50 bits per heavy atom. The van der Waals surface area contributed by atoms with Crippen LogP contribution in [0, 0.1) is 12.3 Å². The summed E-state index contributed by atoms with van der Waals surface area (Å²) in [4.78, 5) is 11.9. The lowest BCUT2D eigenvalue weighted by Crippen LogP contribution is -2.37. The summed E-state index contributed by atoms with van der Waals surface area (Å²) in [6.45, 7) is 0. The van der Waals surface area contributed by atoms with E-state index in [1.807, 2.05) is 0 Å². The quantitative estimate of drug-likeness (QED) is 0.496. The third kappa shape index (κ3) is 2.36. The highest BCUT2D eigenvalue weighted by Gasteiger charge is 2.40. The fourth-order valence-corrected chi connectivity index (χ4v) is 2.12. The van der Waals surface area contributed by atoms with Crippen molar-refractivity contribution in [1.29, 1.82) is 0 Å². The van der Waals surface area contributed by atoms with Gasteiger partial charge in [0.2, 0.25) is 0 Å². The first-order valence-corrected chi connectivity index (χ1v) is 5.27. The van der Waals surface area contributed by atoms with Crippen molar-refractivity contribution in [3.63, 3.8) is 0 Å². The molecule has 0 aromatic rings. The van der Waals surface area contributed by atoms with Crippen molar-refractivity contribution >= 4 is 5.78 Å². The van der Waals surface area contributed by atoms with Crippen LogP contribution in [-0.4, -0.2) is 18.5 Å². The largest absolute Gasteiger partial charge is 0.370 e. The second kappa shape index (κ2) is 5.17. The van der Waals surface area contributed by atoms with Gasteiger partial charge in [-0.25, -0.2) is 0 Å². The van der Waals surface area contributed by atoms with E-state index >= 15 is 0 Å². The minimum atomic E-state index is -0.464. The van der Waals surface area contributed by atoms with Crippen LogP contribution in [0.3, 0.4) is 0 Å². The summed E-state index contributed by atoms with van der Waals surface area (Å²) in [7, 11) is 1.64. The number of ether oxygens (including phenoxy) is 1. The van der Waals surface area contributed by atoms with E-state index in [2.05, 4.69) is 5.92 Å². The van der Waals surface area contributed by atoms with Crippen LogP contribution >= 0.6 is 0 Å². The van der Waals surface area contributed by atoms with Crippen LogP contribution in [0.25, 0.3) is 0 Å². The Morgan fingerprint density at radius 3 is 2.64 bits per heavy atom.